The van der Waals surface area contributed by atoms with Gasteiger partial charge in [-0.05, 0) is 44.5 Å². The van der Waals surface area contributed by atoms with Crippen molar-refractivity contribution in [1.29, 1.82) is 0 Å². The highest BCUT2D eigenvalue weighted by molar-refractivity contribution is 5.85. The van der Waals surface area contributed by atoms with E-state index >= 15 is 0 Å². The molecular weight excluding hydrogens is 296 g/mol. The first-order valence-corrected chi connectivity index (χ1v) is 8.21. The molecule has 2 aliphatic heterocycles. The van der Waals surface area contributed by atoms with Gasteiger partial charge < -0.3 is 20.4 Å². The fraction of sp³-hybridized carbons (Fsp3) is 0.647. The molecule has 0 saturated carbocycles. The smallest absolute Gasteiger partial charge is 0.0398 e. The van der Waals surface area contributed by atoms with Crippen molar-refractivity contribution in [2.45, 2.75) is 32.9 Å². The van der Waals surface area contributed by atoms with Gasteiger partial charge in [0.1, 0.15) is 0 Å². The molecule has 2 aliphatic rings. The van der Waals surface area contributed by atoms with Crippen LogP contribution < -0.4 is 20.4 Å². The predicted molar refractivity (Wildman–Crippen MR) is 97.8 cm³/mol. The van der Waals surface area contributed by atoms with E-state index in [2.05, 4.69) is 59.4 Å². The highest BCUT2D eigenvalue weighted by Gasteiger charge is 2.21. The summed E-state index contributed by atoms with van der Waals surface area (Å²) in [6.45, 7) is 13.4. The summed E-state index contributed by atoms with van der Waals surface area (Å²) in [5.74, 6) is 0. The number of nitrogens with one attached hydrogen (secondary N) is 2. The molecule has 3 rings (SSSR count). The number of benzene rings is 1. The highest BCUT2D eigenvalue weighted by Crippen LogP contribution is 2.27. The monoisotopic (exact) mass is 324 g/mol. The Bertz CT molecular complexity index is 494. The van der Waals surface area contributed by atoms with E-state index in [1.54, 1.807) is 0 Å². The van der Waals surface area contributed by atoms with E-state index in [-0.39, 0.29) is 12.4 Å². The second kappa shape index (κ2) is 7.53. The third-order valence-electron chi connectivity index (χ3n) is 4.72. The van der Waals surface area contributed by atoms with Gasteiger partial charge in [0.05, 0.1) is 0 Å². The zero-order chi connectivity index (χ0) is 14.8. The minimum Gasteiger partial charge on any atom is -0.368 e. The molecule has 0 unspecified atom stereocenters. The molecule has 2 saturated heterocycles. The van der Waals surface area contributed by atoms with Gasteiger partial charge in [0.2, 0.25) is 0 Å². The zero-order valence-electron chi connectivity index (χ0n) is 13.9. The molecule has 4 nitrogen and oxygen atoms in total. The van der Waals surface area contributed by atoms with Gasteiger partial charge in [0, 0.05) is 62.7 Å². The Kier molecular flexibility index (Phi) is 5.95. The van der Waals surface area contributed by atoms with Crippen molar-refractivity contribution in [1.82, 2.24) is 10.6 Å². The maximum absolute atomic E-state index is 3.51. The third-order valence-corrected chi connectivity index (χ3v) is 4.72. The molecule has 1 aromatic rings. The van der Waals surface area contributed by atoms with Crippen LogP contribution in [0.25, 0.3) is 0 Å². The normalized spacial score (nSPS) is 25.8. The Morgan fingerprint density at radius 2 is 1.95 bits per heavy atom. The summed E-state index contributed by atoms with van der Waals surface area (Å²) in [6, 6.07) is 8.13. The van der Waals surface area contributed by atoms with Crippen LogP contribution in [0, 0.1) is 6.92 Å². The van der Waals surface area contributed by atoms with E-state index in [0.29, 0.717) is 12.1 Å². The van der Waals surface area contributed by atoms with Crippen molar-refractivity contribution in [3.63, 3.8) is 0 Å². The summed E-state index contributed by atoms with van der Waals surface area (Å²) in [6.07, 6.45) is 0. The summed E-state index contributed by atoms with van der Waals surface area (Å²) >= 11 is 0. The number of aryl methyl sites for hydroxylation is 1. The van der Waals surface area contributed by atoms with Crippen molar-refractivity contribution in [3.8, 4) is 0 Å². The van der Waals surface area contributed by atoms with E-state index in [4.69, 9.17) is 0 Å². The van der Waals surface area contributed by atoms with E-state index in [9.17, 15) is 0 Å². The van der Waals surface area contributed by atoms with Crippen LogP contribution in [-0.4, -0.2) is 51.4 Å². The Balaban J connectivity index is 0.00000176. The number of hydrogen-bond acceptors (Lipinski definition) is 4. The van der Waals surface area contributed by atoms with E-state index < -0.39 is 0 Å². The van der Waals surface area contributed by atoms with Gasteiger partial charge in [-0.1, -0.05) is 0 Å². The summed E-state index contributed by atoms with van der Waals surface area (Å²) in [5, 5.41) is 6.97. The van der Waals surface area contributed by atoms with Gasteiger partial charge in [-0.25, -0.2) is 0 Å². The average Bonchev–Trinajstić information content (AvgIpc) is 2.47. The Morgan fingerprint density at radius 1 is 1.14 bits per heavy atom. The molecule has 22 heavy (non-hydrogen) atoms. The lowest BCUT2D eigenvalue weighted by atomic mass is 10.1. The molecule has 1 aromatic carbocycles. The topological polar surface area (TPSA) is 30.5 Å². The molecule has 5 heteroatoms. The van der Waals surface area contributed by atoms with Crippen LogP contribution in [0.3, 0.4) is 0 Å². The molecule has 0 amide bonds. The molecular formula is C17H29ClN4. The largest absolute Gasteiger partial charge is 0.368 e. The van der Waals surface area contributed by atoms with Crippen LogP contribution in [0.2, 0.25) is 0 Å². The fourth-order valence-electron chi connectivity index (χ4n) is 3.55. The van der Waals surface area contributed by atoms with Crippen LogP contribution in [0.5, 0.6) is 0 Å². The molecule has 124 valence electrons. The van der Waals surface area contributed by atoms with Gasteiger partial charge in [-0.2, -0.15) is 0 Å². The first-order chi connectivity index (χ1) is 10.1. The van der Waals surface area contributed by atoms with Gasteiger partial charge in [-0.3, -0.25) is 0 Å². The van der Waals surface area contributed by atoms with E-state index in [0.717, 1.165) is 39.3 Å². The molecule has 2 N–H and O–H groups in total. The van der Waals surface area contributed by atoms with Crippen LogP contribution in [-0.2, 0) is 0 Å². The number of nitrogens with zero attached hydrogens (tertiary/aromatic N) is 2. The van der Waals surface area contributed by atoms with Crippen molar-refractivity contribution in [3.05, 3.63) is 23.8 Å². The standard InChI is InChI=1S/C17H28N4.ClH/c1-13-10-16(21-9-6-18-11-15(21)3)4-5-17(13)20-8-7-19-14(2)12-20;/h4-5,10,14-15,18-19H,6-9,11-12H2,1-3H3;1H/t14-,15+;/m0./s1. The van der Waals surface area contributed by atoms with Gasteiger partial charge in [0.25, 0.3) is 0 Å². The second-order valence-electron chi connectivity index (χ2n) is 6.52. The minimum absolute atomic E-state index is 0. The lowest BCUT2D eigenvalue weighted by Gasteiger charge is -2.37. The van der Waals surface area contributed by atoms with Crippen LogP contribution >= 0.6 is 12.4 Å². The van der Waals surface area contributed by atoms with Crippen molar-refractivity contribution < 1.29 is 0 Å². The molecule has 0 aromatic heterocycles. The highest BCUT2D eigenvalue weighted by atomic mass is 35.5. The summed E-state index contributed by atoms with van der Waals surface area (Å²) < 4.78 is 0. The minimum atomic E-state index is 0. The number of anilines is 2. The van der Waals surface area contributed by atoms with Gasteiger partial charge in [0.15, 0.2) is 0 Å². The summed E-state index contributed by atoms with van der Waals surface area (Å²) in [7, 11) is 0. The number of hydrogen-bond donors (Lipinski definition) is 2. The van der Waals surface area contributed by atoms with Crippen molar-refractivity contribution in [2.24, 2.45) is 0 Å². The maximum atomic E-state index is 3.51. The van der Waals surface area contributed by atoms with Gasteiger partial charge in [-0.15, -0.1) is 12.4 Å². The Hall–Kier alpha value is -0.970. The number of piperazine rings is 2. The SMILES string of the molecule is Cc1cc(N2CCNC[C@H]2C)ccc1N1CCN[C@@H](C)C1.Cl. The van der Waals surface area contributed by atoms with Gasteiger partial charge >= 0.3 is 0 Å². The predicted octanol–water partition coefficient (Wildman–Crippen LogP) is 2.01. The van der Waals surface area contributed by atoms with Crippen LogP contribution in [0.1, 0.15) is 19.4 Å². The number of halogens is 1. The van der Waals surface area contributed by atoms with E-state index in [1.807, 2.05) is 0 Å². The van der Waals surface area contributed by atoms with Crippen LogP contribution in [0.15, 0.2) is 18.2 Å². The molecule has 2 fully saturated rings. The summed E-state index contributed by atoms with van der Waals surface area (Å²) in [4.78, 5) is 5.04. The lowest BCUT2D eigenvalue weighted by molar-refractivity contribution is 0.484. The molecule has 0 spiro atoms. The quantitative estimate of drug-likeness (QED) is 0.871. The van der Waals surface area contributed by atoms with Crippen LogP contribution in [0.4, 0.5) is 11.4 Å². The second-order valence-corrected chi connectivity index (χ2v) is 6.52. The molecule has 2 heterocycles. The average molecular weight is 325 g/mol. The molecule has 0 aliphatic carbocycles. The maximum Gasteiger partial charge on any atom is 0.0398 e. The van der Waals surface area contributed by atoms with E-state index in [1.165, 1.54) is 16.9 Å². The van der Waals surface area contributed by atoms with Crippen molar-refractivity contribution >= 4 is 23.8 Å². The summed E-state index contributed by atoms with van der Waals surface area (Å²) in [5.41, 5.74) is 4.16. The first-order valence-electron chi connectivity index (χ1n) is 8.21. The molecule has 0 bridgehead atoms. The fourth-order valence-corrected chi connectivity index (χ4v) is 3.55. The number of rotatable bonds is 2. The Morgan fingerprint density at radius 3 is 2.64 bits per heavy atom. The first kappa shape index (κ1) is 17.4. The zero-order valence-corrected chi connectivity index (χ0v) is 14.7. The lowest BCUT2D eigenvalue weighted by Crippen LogP contribution is -2.50. The Labute approximate surface area is 140 Å². The molecule has 2 atom stereocenters. The molecule has 0 radical (unpaired) electrons. The third kappa shape index (κ3) is 3.67. The van der Waals surface area contributed by atoms with Crippen molar-refractivity contribution in [2.75, 3.05) is 49.1 Å².